The lowest BCUT2D eigenvalue weighted by Crippen LogP contribution is -2.36. The Hall–Kier alpha value is -2.87. The van der Waals surface area contributed by atoms with Gasteiger partial charge in [0.05, 0.1) is 10.3 Å². The van der Waals surface area contributed by atoms with Gasteiger partial charge in [0.25, 0.3) is 10.0 Å². The maximum Gasteiger partial charge on any atom is 0.300 e. The lowest BCUT2D eigenvalue weighted by Gasteiger charge is -2.33. The van der Waals surface area contributed by atoms with Gasteiger partial charge in [0, 0.05) is 30.9 Å². The van der Waals surface area contributed by atoms with Gasteiger partial charge >= 0.3 is 5.91 Å². The Morgan fingerprint density at radius 1 is 1.12 bits per heavy atom. The third-order valence-electron chi connectivity index (χ3n) is 6.55. The molecule has 8 heteroatoms. The summed E-state index contributed by atoms with van der Waals surface area (Å²) in [7, 11) is -4.13. The molecule has 1 aliphatic carbocycles. The highest BCUT2D eigenvalue weighted by molar-refractivity contribution is 7.90. The van der Waals surface area contributed by atoms with Crippen LogP contribution in [0.4, 0.5) is 10.1 Å². The molecular weight excluding hydrogens is 431 g/mol. The van der Waals surface area contributed by atoms with Crippen LogP contribution in [0.5, 0.6) is 0 Å². The van der Waals surface area contributed by atoms with Crippen LogP contribution in [0.1, 0.15) is 59.7 Å². The highest BCUT2D eigenvalue weighted by Crippen LogP contribution is 2.38. The molecule has 1 N–H and O–H groups in total. The second kappa shape index (κ2) is 7.92. The number of fused-ring (bicyclic) bond motifs is 1. The van der Waals surface area contributed by atoms with Crippen LogP contribution in [0.25, 0.3) is 11.0 Å². The van der Waals surface area contributed by atoms with Gasteiger partial charge in [-0.25, -0.2) is 17.5 Å². The number of carbonyl (C=O) groups is 1. The van der Waals surface area contributed by atoms with Crippen LogP contribution in [-0.2, 0) is 10.0 Å². The van der Waals surface area contributed by atoms with Gasteiger partial charge in [-0.15, -0.1) is 0 Å². The van der Waals surface area contributed by atoms with Crippen LogP contribution in [0.3, 0.4) is 0 Å². The van der Waals surface area contributed by atoms with Gasteiger partial charge < -0.3 is 9.32 Å². The van der Waals surface area contributed by atoms with Gasteiger partial charge in [0.1, 0.15) is 11.4 Å². The largest absolute Gasteiger partial charge is 0.451 e. The molecular formula is C24H25FN2O4S. The number of nitrogens with zero attached hydrogens (tertiary/aromatic N) is 1. The topological polar surface area (TPSA) is 79.6 Å². The molecule has 1 saturated heterocycles. The van der Waals surface area contributed by atoms with E-state index in [1.807, 2.05) is 17.0 Å². The molecule has 0 bridgehead atoms. The molecule has 168 valence electrons. The summed E-state index contributed by atoms with van der Waals surface area (Å²) in [5.74, 6) is -1.49. The van der Waals surface area contributed by atoms with Crippen LogP contribution in [-0.4, -0.2) is 27.4 Å². The standard InChI is InChI=1S/C24H25FN2O4S/c1-15-6-4-9-18(16-7-2-3-8-16)23(15)32(29,30)26-24(28)22-14-19-20(25)12-17(13-21(19)31-22)27-10-5-11-27/h4,6,9,12-14,16H,2-3,5,7-8,10-11H2,1H3,(H,26,28). The predicted octanol–water partition coefficient (Wildman–Crippen LogP) is 4.87. The van der Waals surface area contributed by atoms with E-state index in [4.69, 9.17) is 4.42 Å². The third-order valence-corrected chi connectivity index (χ3v) is 8.10. The van der Waals surface area contributed by atoms with Gasteiger partial charge in [-0.3, -0.25) is 4.79 Å². The summed E-state index contributed by atoms with van der Waals surface area (Å²) in [6, 6.07) is 9.76. The quantitative estimate of drug-likeness (QED) is 0.593. The molecule has 5 rings (SSSR count). The van der Waals surface area contributed by atoms with Crippen molar-refractivity contribution in [2.75, 3.05) is 18.0 Å². The Balaban J connectivity index is 1.46. The summed E-state index contributed by atoms with van der Waals surface area (Å²) in [6.07, 6.45) is 5.04. The fourth-order valence-electron chi connectivity index (χ4n) is 4.78. The monoisotopic (exact) mass is 456 g/mol. The Morgan fingerprint density at radius 3 is 2.56 bits per heavy atom. The third kappa shape index (κ3) is 3.66. The number of aryl methyl sites for hydroxylation is 1. The molecule has 2 heterocycles. The first-order valence-electron chi connectivity index (χ1n) is 11.0. The summed E-state index contributed by atoms with van der Waals surface area (Å²) in [5.41, 5.74) is 2.25. The lowest BCUT2D eigenvalue weighted by molar-refractivity contribution is 0.0956. The summed E-state index contributed by atoms with van der Waals surface area (Å²) in [4.78, 5) is 15.0. The van der Waals surface area contributed by atoms with E-state index in [2.05, 4.69) is 4.72 Å². The minimum atomic E-state index is -4.13. The molecule has 0 spiro atoms. The molecule has 3 aromatic rings. The number of carbonyl (C=O) groups excluding carboxylic acids is 1. The number of nitrogens with one attached hydrogen (secondary N) is 1. The van der Waals surface area contributed by atoms with E-state index >= 15 is 0 Å². The molecule has 1 amide bonds. The first-order valence-corrected chi connectivity index (χ1v) is 12.5. The highest BCUT2D eigenvalue weighted by Gasteiger charge is 2.30. The van der Waals surface area contributed by atoms with Gasteiger partial charge in [-0.2, -0.15) is 0 Å². The molecule has 6 nitrogen and oxygen atoms in total. The summed E-state index contributed by atoms with van der Waals surface area (Å²) >= 11 is 0. The minimum Gasteiger partial charge on any atom is -0.451 e. The molecule has 32 heavy (non-hydrogen) atoms. The Bertz CT molecular complexity index is 1310. The Morgan fingerprint density at radius 2 is 1.88 bits per heavy atom. The molecule has 2 aromatic carbocycles. The molecule has 1 saturated carbocycles. The van der Waals surface area contributed by atoms with Gasteiger partial charge in [0.2, 0.25) is 0 Å². The fourth-order valence-corrected chi connectivity index (χ4v) is 6.26. The number of anilines is 1. The van der Waals surface area contributed by atoms with Crippen molar-refractivity contribution in [2.24, 2.45) is 0 Å². The van der Waals surface area contributed by atoms with E-state index in [1.54, 1.807) is 19.1 Å². The van der Waals surface area contributed by atoms with Crippen molar-refractivity contribution in [1.82, 2.24) is 4.72 Å². The van der Waals surface area contributed by atoms with Crippen LogP contribution >= 0.6 is 0 Å². The van der Waals surface area contributed by atoms with Crippen LogP contribution in [0.15, 0.2) is 45.7 Å². The van der Waals surface area contributed by atoms with Crippen molar-refractivity contribution in [1.29, 1.82) is 0 Å². The smallest absolute Gasteiger partial charge is 0.300 e. The summed E-state index contributed by atoms with van der Waals surface area (Å²) in [5, 5.41) is 0.152. The molecule has 0 unspecified atom stereocenters. The van der Waals surface area contributed by atoms with E-state index in [-0.39, 0.29) is 27.5 Å². The second-order valence-electron chi connectivity index (χ2n) is 8.70. The SMILES string of the molecule is Cc1cccc(C2CCCC2)c1S(=O)(=O)NC(=O)c1cc2c(F)cc(N3CCC3)cc2o1. The number of benzene rings is 2. The van der Waals surface area contributed by atoms with Crippen molar-refractivity contribution in [3.05, 3.63) is 59.1 Å². The van der Waals surface area contributed by atoms with E-state index in [0.29, 0.717) is 11.3 Å². The number of furan rings is 1. The first kappa shape index (κ1) is 21.0. The molecule has 0 atom stereocenters. The molecule has 1 aliphatic heterocycles. The molecule has 2 aliphatic rings. The number of hydrogen-bond acceptors (Lipinski definition) is 5. The van der Waals surface area contributed by atoms with E-state index in [1.165, 1.54) is 12.1 Å². The van der Waals surface area contributed by atoms with Crippen molar-refractivity contribution < 1.29 is 22.0 Å². The fraction of sp³-hybridized carbons (Fsp3) is 0.375. The number of rotatable bonds is 5. The average molecular weight is 457 g/mol. The van der Waals surface area contributed by atoms with Gasteiger partial charge in [-0.05, 0) is 49.3 Å². The van der Waals surface area contributed by atoms with Gasteiger partial charge in [0.15, 0.2) is 5.76 Å². The number of halogens is 1. The average Bonchev–Trinajstić information content (AvgIpc) is 3.36. The lowest BCUT2D eigenvalue weighted by atomic mass is 9.96. The number of hydrogen-bond donors (Lipinski definition) is 1. The zero-order chi connectivity index (χ0) is 22.5. The molecule has 0 radical (unpaired) electrons. The zero-order valence-corrected chi connectivity index (χ0v) is 18.7. The van der Waals surface area contributed by atoms with Gasteiger partial charge in [-0.1, -0.05) is 31.0 Å². The van der Waals surface area contributed by atoms with E-state index in [9.17, 15) is 17.6 Å². The summed E-state index contributed by atoms with van der Waals surface area (Å²) in [6.45, 7) is 3.42. The summed E-state index contributed by atoms with van der Waals surface area (Å²) < 4.78 is 48.8. The number of sulfonamides is 1. The molecule has 1 aromatic heterocycles. The van der Waals surface area contributed by atoms with Crippen LogP contribution in [0, 0.1) is 12.7 Å². The minimum absolute atomic E-state index is 0.152. The first-order chi connectivity index (χ1) is 15.3. The van der Waals surface area contributed by atoms with E-state index in [0.717, 1.165) is 50.8 Å². The van der Waals surface area contributed by atoms with Crippen molar-refractivity contribution in [3.8, 4) is 0 Å². The van der Waals surface area contributed by atoms with Crippen molar-refractivity contribution in [3.63, 3.8) is 0 Å². The Kier molecular flexibility index (Phi) is 5.20. The van der Waals surface area contributed by atoms with Crippen molar-refractivity contribution in [2.45, 2.75) is 49.8 Å². The predicted molar refractivity (Wildman–Crippen MR) is 120 cm³/mol. The van der Waals surface area contributed by atoms with Crippen LogP contribution < -0.4 is 9.62 Å². The van der Waals surface area contributed by atoms with Crippen LogP contribution in [0.2, 0.25) is 0 Å². The second-order valence-corrected chi connectivity index (χ2v) is 10.3. The Labute approximate surface area is 186 Å². The highest BCUT2D eigenvalue weighted by atomic mass is 32.2. The zero-order valence-electron chi connectivity index (χ0n) is 17.9. The maximum absolute atomic E-state index is 14.6. The van der Waals surface area contributed by atoms with E-state index < -0.39 is 21.7 Å². The molecule has 2 fully saturated rings. The maximum atomic E-state index is 14.6. The normalized spacial score (nSPS) is 17.0. The van der Waals surface area contributed by atoms with Crippen molar-refractivity contribution >= 4 is 32.6 Å². The number of amides is 1.